The number of carbonyl (C=O) groups excluding carboxylic acids is 2. The van der Waals surface area contributed by atoms with Crippen molar-refractivity contribution in [1.82, 2.24) is 0 Å². The first kappa shape index (κ1) is 22.5. The first-order valence-electron chi connectivity index (χ1n) is 10.5. The van der Waals surface area contributed by atoms with Crippen LogP contribution in [-0.2, 0) is 5.41 Å². The zero-order valence-electron chi connectivity index (χ0n) is 19.2. The molecule has 3 rings (SSSR count). The highest BCUT2D eigenvalue weighted by Gasteiger charge is 2.23. The number of carbonyl (C=O) groups is 2. The van der Waals surface area contributed by atoms with Crippen LogP contribution in [0.3, 0.4) is 0 Å². The van der Waals surface area contributed by atoms with E-state index in [0.717, 1.165) is 5.75 Å². The Morgan fingerprint density at radius 2 is 0.968 bits per heavy atom. The maximum atomic E-state index is 12.8. The molecule has 0 aromatic heterocycles. The minimum absolute atomic E-state index is 0.0588. The van der Waals surface area contributed by atoms with Crippen molar-refractivity contribution in [1.29, 1.82) is 0 Å². The molecule has 0 unspecified atom stereocenters. The van der Waals surface area contributed by atoms with Crippen molar-refractivity contribution in [2.75, 3.05) is 0 Å². The first-order chi connectivity index (χ1) is 14.4. The van der Waals surface area contributed by atoms with E-state index in [9.17, 15) is 9.59 Å². The van der Waals surface area contributed by atoms with E-state index in [0.29, 0.717) is 22.4 Å². The van der Waals surface area contributed by atoms with Crippen LogP contribution in [0.15, 0.2) is 72.8 Å². The topological polar surface area (TPSA) is 43.4 Å². The van der Waals surface area contributed by atoms with Crippen LogP contribution in [-0.4, -0.2) is 11.6 Å². The van der Waals surface area contributed by atoms with Gasteiger partial charge in [0.2, 0.25) is 0 Å². The predicted molar refractivity (Wildman–Crippen MR) is 125 cm³/mol. The van der Waals surface area contributed by atoms with Crippen molar-refractivity contribution < 1.29 is 14.3 Å². The van der Waals surface area contributed by atoms with Gasteiger partial charge in [0, 0.05) is 22.1 Å². The van der Waals surface area contributed by atoms with Crippen molar-refractivity contribution in [3.63, 3.8) is 0 Å². The van der Waals surface area contributed by atoms with Crippen molar-refractivity contribution in [2.24, 2.45) is 5.41 Å². The zero-order valence-corrected chi connectivity index (χ0v) is 19.2. The summed E-state index contributed by atoms with van der Waals surface area (Å²) >= 11 is 0. The maximum Gasteiger partial charge on any atom is 0.193 e. The van der Waals surface area contributed by atoms with Crippen molar-refractivity contribution >= 4 is 11.6 Å². The molecule has 0 spiro atoms. The highest BCUT2D eigenvalue weighted by Crippen LogP contribution is 2.27. The number of ketones is 2. The summed E-state index contributed by atoms with van der Waals surface area (Å²) in [6, 6.07) is 22.0. The minimum atomic E-state index is -0.450. The average molecular weight is 415 g/mol. The molecule has 3 aromatic carbocycles. The van der Waals surface area contributed by atoms with Crippen molar-refractivity contribution in [3.05, 3.63) is 95.1 Å². The summed E-state index contributed by atoms with van der Waals surface area (Å²) in [5.74, 6) is 1.40. The second-order valence-electron chi connectivity index (χ2n) is 9.89. The van der Waals surface area contributed by atoms with Gasteiger partial charge in [0.1, 0.15) is 11.5 Å². The number of hydrogen-bond acceptors (Lipinski definition) is 3. The molecule has 0 amide bonds. The van der Waals surface area contributed by atoms with Gasteiger partial charge in [0.15, 0.2) is 11.6 Å². The molecule has 0 saturated heterocycles. The molecule has 0 aliphatic carbocycles. The maximum absolute atomic E-state index is 12.8. The van der Waals surface area contributed by atoms with Crippen molar-refractivity contribution in [2.45, 2.75) is 47.0 Å². The third-order valence-electron chi connectivity index (χ3n) is 5.16. The van der Waals surface area contributed by atoms with Gasteiger partial charge in [-0.3, -0.25) is 9.59 Å². The fourth-order valence-corrected chi connectivity index (χ4v) is 3.21. The Morgan fingerprint density at radius 3 is 1.39 bits per heavy atom. The number of Topliss-reactive ketones (excluding diaryl/α,β-unsaturated/α-hetero) is 1. The Labute approximate surface area is 185 Å². The molecule has 0 N–H and O–H groups in total. The monoisotopic (exact) mass is 414 g/mol. The standard InChI is InChI=1S/C28H30O3/c1-27(2,3)22-13-17-24(18-14-22)31-23-15-11-20(12-16-23)25(29)19-7-9-21(10-8-19)26(30)28(4,5)6/h7-18H,1-6H3. The fraction of sp³-hybridized carbons (Fsp3) is 0.286. The molecule has 0 aliphatic rings. The van der Waals surface area contributed by atoms with E-state index < -0.39 is 5.41 Å². The number of hydrogen-bond donors (Lipinski definition) is 0. The smallest absolute Gasteiger partial charge is 0.193 e. The van der Waals surface area contributed by atoms with Gasteiger partial charge in [0.25, 0.3) is 0 Å². The quantitative estimate of drug-likeness (QED) is 0.413. The molecule has 0 heterocycles. The highest BCUT2D eigenvalue weighted by atomic mass is 16.5. The van der Waals surface area contributed by atoms with E-state index in [1.54, 1.807) is 48.5 Å². The molecule has 0 fully saturated rings. The van der Waals surface area contributed by atoms with Crippen LogP contribution in [0.25, 0.3) is 0 Å². The van der Waals surface area contributed by atoms with E-state index in [-0.39, 0.29) is 17.0 Å². The van der Waals surface area contributed by atoms with Crippen LogP contribution in [0.2, 0.25) is 0 Å². The molecule has 3 aromatic rings. The van der Waals surface area contributed by atoms with Crippen LogP contribution in [0.4, 0.5) is 0 Å². The van der Waals surface area contributed by atoms with Gasteiger partial charge in [0.05, 0.1) is 0 Å². The minimum Gasteiger partial charge on any atom is -0.457 e. The third kappa shape index (κ3) is 5.49. The van der Waals surface area contributed by atoms with E-state index in [2.05, 4.69) is 32.9 Å². The summed E-state index contributed by atoms with van der Waals surface area (Å²) in [6.45, 7) is 12.2. The summed E-state index contributed by atoms with van der Waals surface area (Å²) in [5.41, 5.74) is 2.64. The van der Waals surface area contributed by atoms with Gasteiger partial charge in [-0.2, -0.15) is 0 Å². The molecular formula is C28H30O3. The lowest BCUT2D eigenvalue weighted by molar-refractivity contribution is 0.0857. The van der Waals surface area contributed by atoms with Gasteiger partial charge in [-0.1, -0.05) is 77.9 Å². The van der Waals surface area contributed by atoms with Crippen LogP contribution < -0.4 is 4.74 Å². The molecule has 0 saturated carbocycles. The van der Waals surface area contributed by atoms with Gasteiger partial charge >= 0.3 is 0 Å². The molecule has 0 bridgehead atoms. The first-order valence-corrected chi connectivity index (χ1v) is 10.5. The van der Waals surface area contributed by atoms with Crippen LogP contribution in [0, 0.1) is 5.41 Å². The van der Waals surface area contributed by atoms with E-state index >= 15 is 0 Å². The molecule has 160 valence electrons. The number of ether oxygens (including phenoxy) is 1. The summed E-state index contributed by atoms with van der Waals surface area (Å²) in [4.78, 5) is 25.2. The molecule has 0 radical (unpaired) electrons. The molecule has 0 atom stereocenters. The SMILES string of the molecule is CC(C)(C)C(=O)c1ccc(C(=O)c2ccc(Oc3ccc(C(C)(C)C)cc3)cc2)cc1. The fourth-order valence-electron chi connectivity index (χ4n) is 3.21. The largest absolute Gasteiger partial charge is 0.457 e. The molecule has 0 aliphatic heterocycles. The summed E-state index contributed by atoms with van der Waals surface area (Å²) in [6.07, 6.45) is 0. The average Bonchev–Trinajstić information content (AvgIpc) is 2.72. The van der Waals surface area contributed by atoms with E-state index in [1.165, 1.54) is 5.56 Å². The Hall–Kier alpha value is -3.20. The Kier molecular flexibility index (Phi) is 6.17. The van der Waals surface area contributed by atoms with Gasteiger partial charge in [-0.25, -0.2) is 0 Å². The number of rotatable bonds is 5. The normalized spacial score (nSPS) is 11.8. The molecular weight excluding hydrogens is 384 g/mol. The van der Waals surface area contributed by atoms with Crippen LogP contribution in [0.5, 0.6) is 11.5 Å². The van der Waals surface area contributed by atoms with Crippen LogP contribution in [0.1, 0.15) is 73.4 Å². The lowest BCUT2D eigenvalue weighted by atomic mass is 9.86. The van der Waals surface area contributed by atoms with E-state index in [1.807, 2.05) is 32.9 Å². The Morgan fingerprint density at radius 1 is 0.581 bits per heavy atom. The van der Waals surface area contributed by atoms with Crippen LogP contribution >= 0.6 is 0 Å². The number of benzene rings is 3. The van der Waals surface area contributed by atoms with Crippen molar-refractivity contribution in [3.8, 4) is 11.5 Å². The molecule has 3 heteroatoms. The second-order valence-corrected chi connectivity index (χ2v) is 9.89. The third-order valence-corrected chi connectivity index (χ3v) is 5.16. The lowest BCUT2D eigenvalue weighted by Crippen LogP contribution is -2.20. The predicted octanol–water partition coefficient (Wildman–Crippen LogP) is 7.24. The van der Waals surface area contributed by atoms with Gasteiger partial charge in [-0.05, 0) is 47.4 Å². The summed E-state index contributed by atoms with van der Waals surface area (Å²) < 4.78 is 5.91. The summed E-state index contributed by atoms with van der Waals surface area (Å²) in [7, 11) is 0. The summed E-state index contributed by atoms with van der Waals surface area (Å²) in [5, 5.41) is 0. The van der Waals surface area contributed by atoms with Gasteiger partial charge in [-0.15, -0.1) is 0 Å². The molecule has 3 nitrogen and oxygen atoms in total. The Balaban J connectivity index is 1.69. The van der Waals surface area contributed by atoms with E-state index in [4.69, 9.17) is 4.74 Å². The lowest BCUT2D eigenvalue weighted by Gasteiger charge is -2.19. The molecule has 31 heavy (non-hydrogen) atoms. The van der Waals surface area contributed by atoms with Gasteiger partial charge < -0.3 is 4.74 Å². The highest BCUT2D eigenvalue weighted by molar-refractivity contribution is 6.09. The zero-order chi connectivity index (χ0) is 22.8. The Bertz CT molecular complexity index is 1060. The second kappa shape index (κ2) is 8.50.